The zero-order valence-electron chi connectivity index (χ0n) is 10.6. The normalized spacial score (nSPS) is 26.6. The van der Waals surface area contributed by atoms with Gasteiger partial charge in [0.1, 0.15) is 11.6 Å². The number of aliphatic hydroxyl groups is 1. The molecule has 100 valence electrons. The van der Waals surface area contributed by atoms with Crippen LogP contribution >= 0.6 is 15.9 Å². The monoisotopic (exact) mass is 318 g/mol. The summed E-state index contributed by atoms with van der Waals surface area (Å²) in [7, 11) is 0. The molecule has 2 rings (SSSR count). The second-order valence-corrected chi connectivity index (χ2v) is 6.62. The fraction of sp³-hybridized carbons (Fsp3) is 0.571. The van der Waals surface area contributed by atoms with Crippen molar-refractivity contribution in [1.29, 1.82) is 0 Å². The first-order valence-corrected chi connectivity index (χ1v) is 6.91. The lowest BCUT2D eigenvalue weighted by Crippen LogP contribution is -2.42. The Morgan fingerprint density at radius 1 is 1.28 bits per heavy atom. The molecule has 0 aromatic heterocycles. The van der Waals surface area contributed by atoms with E-state index in [2.05, 4.69) is 15.9 Å². The van der Waals surface area contributed by atoms with Gasteiger partial charge in [-0.25, -0.2) is 8.78 Å². The lowest BCUT2D eigenvalue weighted by Gasteiger charge is -2.37. The molecule has 0 radical (unpaired) electrons. The predicted octanol–water partition coefficient (Wildman–Crippen LogP) is 4.21. The average Bonchev–Trinajstić information content (AvgIpc) is 2.54. The third kappa shape index (κ3) is 2.21. The second kappa shape index (κ2) is 4.57. The maximum absolute atomic E-state index is 13.9. The molecule has 1 N–H and O–H groups in total. The van der Waals surface area contributed by atoms with E-state index >= 15 is 0 Å². The number of hydrogen-bond acceptors (Lipinski definition) is 1. The second-order valence-electron chi connectivity index (χ2n) is 5.77. The molecule has 1 saturated carbocycles. The van der Waals surface area contributed by atoms with Crippen LogP contribution in [0.2, 0.25) is 0 Å². The van der Waals surface area contributed by atoms with E-state index in [1.165, 1.54) is 12.1 Å². The molecule has 1 fully saturated rings. The fourth-order valence-electron chi connectivity index (χ4n) is 2.75. The van der Waals surface area contributed by atoms with Crippen LogP contribution in [0, 0.1) is 17.0 Å². The van der Waals surface area contributed by atoms with Gasteiger partial charge >= 0.3 is 0 Å². The molecule has 0 heterocycles. The van der Waals surface area contributed by atoms with Gasteiger partial charge in [-0.05, 0) is 52.7 Å². The van der Waals surface area contributed by atoms with E-state index < -0.39 is 17.2 Å². The molecule has 18 heavy (non-hydrogen) atoms. The molecular formula is C14H17BrF2O. The molecule has 1 aliphatic carbocycles. The zero-order chi connectivity index (χ0) is 13.6. The van der Waals surface area contributed by atoms with Crippen LogP contribution < -0.4 is 0 Å². The minimum Gasteiger partial charge on any atom is -0.389 e. The predicted molar refractivity (Wildman–Crippen MR) is 70.3 cm³/mol. The topological polar surface area (TPSA) is 20.2 Å². The van der Waals surface area contributed by atoms with Crippen molar-refractivity contribution in [2.24, 2.45) is 5.41 Å². The van der Waals surface area contributed by atoms with Crippen LogP contribution in [0.15, 0.2) is 16.6 Å². The number of benzene rings is 1. The average molecular weight is 319 g/mol. The van der Waals surface area contributed by atoms with Crippen molar-refractivity contribution in [3.63, 3.8) is 0 Å². The smallest absolute Gasteiger partial charge is 0.143 e. The molecule has 4 heteroatoms. The summed E-state index contributed by atoms with van der Waals surface area (Å²) >= 11 is 3.05. The highest BCUT2D eigenvalue weighted by Gasteiger charge is 2.48. The van der Waals surface area contributed by atoms with Crippen LogP contribution in [0.3, 0.4) is 0 Å². The van der Waals surface area contributed by atoms with Crippen LogP contribution in [0.1, 0.15) is 38.7 Å². The van der Waals surface area contributed by atoms with Crippen molar-refractivity contribution < 1.29 is 13.9 Å². The molecule has 1 nitrogen and oxygen atoms in total. The maximum Gasteiger partial charge on any atom is 0.143 e. The number of halogens is 3. The lowest BCUT2D eigenvalue weighted by molar-refractivity contribution is -0.0431. The zero-order valence-corrected chi connectivity index (χ0v) is 12.2. The summed E-state index contributed by atoms with van der Waals surface area (Å²) in [5, 5.41) is 10.7. The van der Waals surface area contributed by atoms with Gasteiger partial charge in [0.2, 0.25) is 0 Å². The van der Waals surface area contributed by atoms with Gasteiger partial charge in [-0.1, -0.05) is 13.8 Å². The SMILES string of the molecule is CC1(C)CCCC1(O)Cc1c(F)ccc(Br)c1F. The van der Waals surface area contributed by atoms with Gasteiger partial charge in [-0.3, -0.25) is 0 Å². The van der Waals surface area contributed by atoms with Gasteiger partial charge in [0.15, 0.2) is 0 Å². The molecule has 0 amide bonds. The minimum atomic E-state index is -1.03. The van der Waals surface area contributed by atoms with Crippen molar-refractivity contribution >= 4 is 15.9 Å². The van der Waals surface area contributed by atoms with Gasteiger partial charge < -0.3 is 5.11 Å². The van der Waals surface area contributed by atoms with E-state index in [4.69, 9.17) is 0 Å². The molecule has 0 aliphatic heterocycles. The molecular weight excluding hydrogens is 302 g/mol. The molecule has 1 aromatic carbocycles. The standard InChI is InChI=1S/C14H17BrF2O/c1-13(2)6-3-7-14(13,18)8-9-11(16)5-4-10(15)12(9)17/h4-5,18H,3,6-8H2,1-2H3. The van der Waals surface area contributed by atoms with E-state index in [0.717, 1.165) is 12.8 Å². The summed E-state index contributed by atoms with van der Waals surface area (Å²) in [6, 6.07) is 2.58. The van der Waals surface area contributed by atoms with Gasteiger partial charge in [-0.2, -0.15) is 0 Å². The van der Waals surface area contributed by atoms with E-state index in [9.17, 15) is 13.9 Å². The molecule has 1 aliphatic rings. The van der Waals surface area contributed by atoms with Gasteiger partial charge in [0, 0.05) is 12.0 Å². The summed E-state index contributed by atoms with van der Waals surface area (Å²) in [5.41, 5.74) is -1.37. The first-order valence-electron chi connectivity index (χ1n) is 6.12. The Hall–Kier alpha value is -0.480. The van der Waals surface area contributed by atoms with Crippen LogP contribution in [-0.2, 0) is 6.42 Å². The highest BCUT2D eigenvalue weighted by molar-refractivity contribution is 9.10. The van der Waals surface area contributed by atoms with E-state index in [1.807, 2.05) is 13.8 Å². The van der Waals surface area contributed by atoms with Crippen LogP contribution in [-0.4, -0.2) is 10.7 Å². The van der Waals surface area contributed by atoms with Crippen LogP contribution in [0.5, 0.6) is 0 Å². The van der Waals surface area contributed by atoms with Crippen molar-refractivity contribution in [2.75, 3.05) is 0 Å². The van der Waals surface area contributed by atoms with Gasteiger partial charge in [0.25, 0.3) is 0 Å². The molecule has 0 bridgehead atoms. The minimum absolute atomic E-state index is 0.0249. The van der Waals surface area contributed by atoms with E-state index in [1.54, 1.807) is 0 Å². The van der Waals surface area contributed by atoms with Crippen molar-refractivity contribution in [1.82, 2.24) is 0 Å². The Bertz CT molecular complexity index is 473. The fourth-order valence-corrected chi connectivity index (χ4v) is 3.12. The van der Waals surface area contributed by atoms with E-state index in [-0.39, 0.29) is 21.9 Å². The molecule has 1 unspecified atom stereocenters. The summed E-state index contributed by atoms with van der Waals surface area (Å²) in [5.74, 6) is -1.20. The first-order chi connectivity index (χ1) is 8.27. The molecule has 0 saturated heterocycles. The largest absolute Gasteiger partial charge is 0.389 e. The summed E-state index contributed by atoms with van der Waals surface area (Å²) < 4.78 is 27.9. The summed E-state index contributed by atoms with van der Waals surface area (Å²) in [4.78, 5) is 0. The van der Waals surface area contributed by atoms with Gasteiger partial charge in [-0.15, -0.1) is 0 Å². The lowest BCUT2D eigenvalue weighted by atomic mass is 9.74. The molecule has 0 spiro atoms. The summed E-state index contributed by atoms with van der Waals surface area (Å²) in [6.45, 7) is 3.90. The maximum atomic E-state index is 13.9. The van der Waals surface area contributed by atoms with E-state index in [0.29, 0.717) is 6.42 Å². The van der Waals surface area contributed by atoms with Crippen molar-refractivity contribution in [3.8, 4) is 0 Å². The highest BCUT2D eigenvalue weighted by atomic mass is 79.9. The Kier molecular flexibility index (Phi) is 3.54. The third-order valence-electron chi connectivity index (χ3n) is 4.26. The summed E-state index contributed by atoms with van der Waals surface area (Å²) in [6.07, 6.45) is 2.38. The van der Waals surface area contributed by atoms with Crippen LogP contribution in [0.4, 0.5) is 8.78 Å². The highest BCUT2D eigenvalue weighted by Crippen LogP contribution is 2.48. The van der Waals surface area contributed by atoms with Crippen LogP contribution in [0.25, 0.3) is 0 Å². The van der Waals surface area contributed by atoms with Crippen molar-refractivity contribution in [2.45, 2.75) is 45.1 Å². The Balaban J connectivity index is 2.38. The quantitative estimate of drug-likeness (QED) is 0.810. The molecule has 1 atom stereocenters. The number of rotatable bonds is 2. The first kappa shape index (κ1) is 13.9. The third-order valence-corrected chi connectivity index (χ3v) is 4.87. The Morgan fingerprint density at radius 3 is 2.50 bits per heavy atom. The van der Waals surface area contributed by atoms with Crippen molar-refractivity contribution in [3.05, 3.63) is 33.8 Å². The Labute approximate surface area is 114 Å². The van der Waals surface area contributed by atoms with Gasteiger partial charge in [0.05, 0.1) is 10.1 Å². The molecule has 1 aromatic rings. The Morgan fingerprint density at radius 2 is 1.94 bits per heavy atom. The number of hydrogen-bond donors (Lipinski definition) is 1.